The maximum absolute atomic E-state index is 11.1. The van der Waals surface area contributed by atoms with E-state index in [0.717, 1.165) is 11.1 Å². The topological polar surface area (TPSA) is 50.1 Å². The Morgan fingerprint density at radius 2 is 2.24 bits per heavy atom. The lowest BCUT2D eigenvalue weighted by Gasteiger charge is -2.04. The van der Waals surface area contributed by atoms with E-state index in [0.29, 0.717) is 19.3 Å². The molecule has 17 heavy (non-hydrogen) atoms. The molecular formula is C14H15NO2. The highest BCUT2D eigenvalue weighted by atomic mass is 16.5. The minimum absolute atomic E-state index is 0.208. The van der Waals surface area contributed by atoms with Crippen LogP contribution in [0.15, 0.2) is 30.3 Å². The van der Waals surface area contributed by atoms with E-state index >= 15 is 0 Å². The van der Waals surface area contributed by atoms with Gasteiger partial charge in [-0.3, -0.25) is 4.79 Å². The second-order valence-corrected chi connectivity index (χ2v) is 3.54. The highest BCUT2D eigenvalue weighted by molar-refractivity contribution is 5.70. The van der Waals surface area contributed by atoms with Gasteiger partial charge in [0.2, 0.25) is 0 Å². The summed E-state index contributed by atoms with van der Waals surface area (Å²) < 4.78 is 4.61. The van der Waals surface area contributed by atoms with Crippen LogP contribution < -0.4 is 0 Å². The van der Waals surface area contributed by atoms with Crippen molar-refractivity contribution < 1.29 is 9.53 Å². The Balaban J connectivity index is 2.71. The van der Waals surface area contributed by atoms with Gasteiger partial charge in [0, 0.05) is 6.42 Å². The van der Waals surface area contributed by atoms with Gasteiger partial charge in [0.25, 0.3) is 0 Å². The molecule has 0 unspecified atom stereocenters. The number of esters is 1. The molecule has 0 fully saturated rings. The summed E-state index contributed by atoms with van der Waals surface area (Å²) in [6.07, 6.45) is 5.15. The molecule has 0 radical (unpaired) electrons. The Bertz CT molecular complexity index is 444. The predicted molar refractivity (Wildman–Crippen MR) is 66.0 cm³/mol. The van der Waals surface area contributed by atoms with Crippen LogP contribution in [0.3, 0.4) is 0 Å². The summed E-state index contributed by atoms with van der Waals surface area (Å²) in [5.74, 6) is -0.208. The fraction of sp³-hybridized carbons (Fsp3) is 0.286. The van der Waals surface area contributed by atoms with Gasteiger partial charge in [0.05, 0.1) is 19.6 Å². The van der Waals surface area contributed by atoms with Gasteiger partial charge < -0.3 is 4.74 Å². The third kappa shape index (κ3) is 4.52. The van der Waals surface area contributed by atoms with E-state index in [2.05, 4.69) is 10.8 Å². The second-order valence-electron chi connectivity index (χ2n) is 3.54. The number of hydrogen-bond acceptors (Lipinski definition) is 3. The molecule has 3 nitrogen and oxygen atoms in total. The average molecular weight is 229 g/mol. The Morgan fingerprint density at radius 3 is 2.94 bits per heavy atom. The van der Waals surface area contributed by atoms with Crippen LogP contribution in [0, 0.1) is 11.3 Å². The number of aryl methyl sites for hydroxylation is 1. The number of carbonyl (C=O) groups excluding carboxylic acids is 1. The SMILES string of the molecule is COC(=O)CCc1ccccc1C=CCC#N. The molecule has 0 heterocycles. The van der Waals surface area contributed by atoms with Crippen LogP contribution in [-0.4, -0.2) is 13.1 Å². The first-order valence-corrected chi connectivity index (χ1v) is 5.46. The number of hydrogen-bond donors (Lipinski definition) is 0. The van der Waals surface area contributed by atoms with E-state index < -0.39 is 0 Å². The minimum Gasteiger partial charge on any atom is -0.469 e. The van der Waals surface area contributed by atoms with E-state index in [1.807, 2.05) is 36.4 Å². The number of benzene rings is 1. The van der Waals surface area contributed by atoms with Gasteiger partial charge in [-0.05, 0) is 17.5 Å². The number of allylic oxidation sites excluding steroid dienone is 1. The number of nitriles is 1. The molecule has 0 atom stereocenters. The molecule has 1 aromatic rings. The quantitative estimate of drug-likeness (QED) is 0.729. The number of nitrogens with zero attached hydrogens (tertiary/aromatic N) is 1. The lowest BCUT2D eigenvalue weighted by Crippen LogP contribution is -2.02. The van der Waals surface area contributed by atoms with Crippen molar-refractivity contribution in [2.24, 2.45) is 0 Å². The number of methoxy groups -OCH3 is 1. The van der Waals surface area contributed by atoms with Crippen LogP contribution in [0.5, 0.6) is 0 Å². The van der Waals surface area contributed by atoms with Crippen molar-refractivity contribution in [3.63, 3.8) is 0 Å². The van der Waals surface area contributed by atoms with Crippen molar-refractivity contribution in [2.45, 2.75) is 19.3 Å². The molecule has 0 aromatic heterocycles. The summed E-state index contributed by atoms with van der Waals surface area (Å²) >= 11 is 0. The van der Waals surface area contributed by atoms with Crippen LogP contribution in [0.2, 0.25) is 0 Å². The number of carbonyl (C=O) groups is 1. The molecule has 88 valence electrons. The third-order valence-corrected chi connectivity index (χ3v) is 2.39. The van der Waals surface area contributed by atoms with E-state index in [1.54, 1.807) is 0 Å². The molecule has 0 spiro atoms. The summed E-state index contributed by atoms with van der Waals surface area (Å²) in [5, 5.41) is 8.46. The van der Waals surface area contributed by atoms with Crippen LogP contribution in [0.25, 0.3) is 6.08 Å². The molecule has 0 amide bonds. The van der Waals surface area contributed by atoms with Crippen LogP contribution in [-0.2, 0) is 16.0 Å². The van der Waals surface area contributed by atoms with Crippen molar-refractivity contribution in [1.29, 1.82) is 5.26 Å². The lowest BCUT2D eigenvalue weighted by atomic mass is 10.0. The van der Waals surface area contributed by atoms with Crippen molar-refractivity contribution in [3.05, 3.63) is 41.5 Å². The zero-order valence-corrected chi connectivity index (χ0v) is 9.85. The lowest BCUT2D eigenvalue weighted by molar-refractivity contribution is -0.140. The Kier molecular flexibility index (Phi) is 5.53. The average Bonchev–Trinajstić information content (AvgIpc) is 2.37. The molecule has 3 heteroatoms. The molecular weight excluding hydrogens is 214 g/mol. The summed E-state index contributed by atoms with van der Waals surface area (Å²) in [4.78, 5) is 11.1. The van der Waals surface area contributed by atoms with Gasteiger partial charge >= 0.3 is 5.97 Å². The van der Waals surface area contributed by atoms with Crippen LogP contribution in [0.4, 0.5) is 0 Å². The van der Waals surface area contributed by atoms with Crippen molar-refractivity contribution in [2.75, 3.05) is 7.11 Å². The van der Waals surface area contributed by atoms with Gasteiger partial charge in [0.15, 0.2) is 0 Å². The van der Waals surface area contributed by atoms with Crippen molar-refractivity contribution in [1.82, 2.24) is 0 Å². The monoisotopic (exact) mass is 229 g/mol. The molecule has 0 aliphatic rings. The standard InChI is InChI=1S/C14H15NO2/c1-17-14(16)10-9-13-7-3-2-6-12(13)8-4-5-11-15/h2-4,6-8H,5,9-10H2,1H3. The molecule has 1 rings (SSSR count). The first-order valence-electron chi connectivity index (χ1n) is 5.46. The second kappa shape index (κ2) is 7.24. The Hall–Kier alpha value is -2.08. The minimum atomic E-state index is -0.208. The van der Waals surface area contributed by atoms with Gasteiger partial charge in [-0.15, -0.1) is 0 Å². The van der Waals surface area contributed by atoms with Gasteiger partial charge in [-0.2, -0.15) is 5.26 Å². The smallest absolute Gasteiger partial charge is 0.305 e. The van der Waals surface area contributed by atoms with E-state index in [9.17, 15) is 4.79 Å². The van der Waals surface area contributed by atoms with Crippen LogP contribution in [0.1, 0.15) is 24.0 Å². The molecule has 0 aliphatic heterocycles. The van der Waals surface area contributed by atoms with Gasteiger partial charge in [0.1, 0.15) is 0 Å². The zero-order valence-electron chi connectivity index (χ0n) is 9.85. The van der Waals surface area contributed by atoms with Crippen molar-refractivity contribution in [3.8, 4) is 6.07 Å². The van der Waals surface area contributed by atoms with Crippen molar-refractivity contribution >= 4 is 12.0 Å². The largest absolute Gasteiger partial charge is 0.469 e. The van der Waals surface area contributed by atoms with E-state index in [-0.39, 0.29) is 5.97 Å². The Labute approximate surface area is 101 Å². The maximum Gasteiger partial charge on any atom is 0.305 e. The zero-order chi connectivity index (χ0) is 12.5. The fourth-order valence-electron chi connectivity index (χ4n) is 1.50. The highest BCUT2D eigenvalue weighted by Crippen LogP contribution is 2.13. The third-order valence-electron chi connectivity index (χ3n) is 2.39. The summed E-state index contributed by atoms with van der Waals surface area (Å²) in [6.45, 7) is 0. The number of ether oxygens (including phenoxy) is 1. The van der Waals surface area contributed by atoms with Gasteiger partial charge in [-0.25, -0.2) is 0 Å². The van der Waals surface area contributed by atoms with Crippen LogP contribution >= 0.6 is 0 Å². The summed E-state index contributed by atoms with van der Waals surface area (Å²) in [5.41, 5.74) is 2.14. The van der Waals surface area contributed by atoms with E-state index in [1.165, 1.54) is 7.11 Å². The molecule has 0 aliphatic carbocycles. The first kappa shape index (κ1) is 13.0. The molecule has 0 bridgehead atoms. The molecule has 0 N–H and O–H groups in total. The molecule has 0 saturated carbocycles. The highest BCUT2D eigenvalue weighted by Gasteiger charge is 2.03. The van der Waals surface area contributed by atoms with Gasteiger partial charge in [-0.1, -0.05) is 36.4 Å². The Morgan fingerprint density at radius 1 is 1.47 bits per heavy atom. The summed E-state index contributed by atoms with van der Waals surface area (Å²) in [6, 6.07) is 9.89. The first-order chi connectivity index (χ1) is 8.27. The predicted octanol–water partition coefficient (Wildman–Crippen LogP) is 2.72. The normalized spacial score (nSPS) is 10.1. The maximum atomic E-state index is 11.1. The fourth-order valence-corrected chi connectivity index (χ4v) is 1.50. The number of rotatable bonds is 5. The van der Waals surface area contributed by atoms with E-state index in [4.69, 9.17) is 5.26 Å². The molecule has 1 aromatic carbocycles. The molecule has 0 saturated heterocycles. The summed E-state index contributed by atoms with van der Waals surface area (Å²) in [7, 11) is 1.39.